The van der Waals surface area contributed by atoms with E-state index in [0.717, 1.165) is 39.1 Å². The molecule has 2 fully saturated rings. The molecule has 2 aromatic heterocycles. The Morgan fingerprint density at radius 3 is 3.09 bits per heavy atom. The predicted octanol–water partition coefficient (Wildman–Crippen LogP) is 2.31. The molecule has 0 bridgehead atoms. The van der Waals surface area contributed by atoms with Gasteiger partial charge in [0, 0.05) is 37.5 Å². The summed E-state index contributed by atoms with van der Waals surface area (Å²) in [4.78, 5) is 11.0. The van der Waals surface area contributed by atoms with E-state index in [1.54, 1.807) is 18.7 Å². The Morgan fingerprint density at radius 1 is 1.35 bits per heavy atom. The van der Waals surface area contributed by atoms with Crippen LogP contribution in [0.15, 0.2) is 41.5 Å². The summed E-state index contributed by atoms with van der Waals surface area (Å²) >= 11 is 0. The van der Waals surface area contributed by atoms with Crippen LogP contribution >= 0.6 is 0 Å². The standard InChI is InChI=1S/C17H22N4O2/c1-4-17(13-21(7-1)10-14-3-8-22-11-14)9-15(12-23-17)20-16-18-5-2-6-19-16/h2-3,5-6,8,11,15H,1,4,7,9-10,12-13H2,(H,18,19,20)/t15-,17-/m0/s1. The van der Waals surface area contributed by atoms with Gasteiger partial charge in [0.2, 0.25) is 5.95 Å². The number of piperidine rings is 1. The lowest BCUT2D eigenvalue weighted by Crippen LogP contribution is -2.47. The van der Waals surface area contributed by atoms with Crippen LogP contribution in [-0.4, -0.2) is 46.2 Å². The molecule has 0 radical (unpaired) electrons. The van der Waals surface area contributed by atoms with E-state index < -0.39 is 0 Å². The summed E-state index contributed by atoms with van der Waals surface area (Å²) in [6.07, 6.45) is 10.4. The van der Waals surface area contributed by atoms with Crippen molar-refractivity contribution >= 4 is 5.95 Å². The van der Waals surface area contributed by atoms with Gasteiger partial charge < -0.3 is 14.5 Å². The second-order valence-corrected chi connectivity index (χ2v) is 6.56. The van der Waals surface area contributed by atoms with Gasteiger partial charge in [0.15, 0.2) is 0 Å². The third-order valence-corrected chi connectivity index (χ3v) is 4.71. The van der Waals surface area contributed by atoms with Gasteiger partial charge in [0.25, 0.3) is 0 Å². The third kappa shape index (κ3) is 3.38. The zero-order chi connectivity index (χ0) is 15.5. The second kappa shape index (κ2) is 6.29. The number of aromatic nitrogens is 2. The lowest BCUT2D eigenvalue weighted by molar-refractivity contribution is -0.0533. The summed E-state index contributed by atoms with van der Waals surface area (Å²) in [7, 11) is 0. The van der Waals surface area contributed by atoms with Crippen LogP contribution in [0.2, 0.25) is 0 Å². The minimum absolute atomic E-state index is 0.0333. The maximum absolute atomic E-state index is 6.23. The molecule has 2 aliphatic rings. The smallest absolute Gasteiger partial charge is 0.222 e. The maximum Gasteiger partial charge on any atom is 0.222 e. The van der Waals surface area contributed by atoms with E-state index in [0.29, 0.717) is 5.95 Å². The highest BCUT2D eigenvalue weighted by Gasteiger charge is 2.43. The van der Waals surface area contributed by atoms with Crippen molar-refractivity contribution in [1.82, 2.24) is 14.9 Å². The summed E-state index contributed by atoms with van der Waals surface area (Å²) in [6, 6.07) is 4.15. The number of nitrogens with zero attached hydrogens (tertiary/aromatic N) is 3. The molecule has 0 aromatic carbocycles. The van der Waals surface area contributed by atoms with Crippen molar-refractivity contribution < 1.29 is 9.15 Å². The van der Waals surface area contributed by atoms with E-state index in [1.165, 1.54) is 12.0 Å². The monoisotopic (exact) mass is 314 g/mol. The Hall–Kier alpha value is -1.92. The van der Waals surface area contributed by atoms with Crippen LogP contribution in [0.25, 0.3) is 0 Å². The van der Waals surface area contributed by atoms with Gasteiger partial charge in [-0.05, 0) is 31.5 Å². The number of furan rings is 1. The molecule has 4 heterocycles. The topological polar surface area (TPSA) is 63.4 Å². The number of anilines is 1. The Kier molecular flexibility index (Phi) is 4.01. The molecular formula is C17H22N4O2. The molecule has 2 aromatic rings. The molecule has 2 atom stereocenters. The normalized spacial score (nSPS) is 28.3. The highest BCUT2D eigenvalue weighted by molar-refractivity contribution is 5.25. The van der Waals surface area contributed by atoms with Crippen LogP contribution in [0.4, 0.5) is 5.95 Å². The highest BCUT2D eigenvalue weighted by Crippen LogP contribution is 2.35. The van der Waals surface area contributed by atoms with Gasteiger partial charge >= 0.3 is 0 Å². The maximum atomic E-state index is 6.23. The first-order valence-corrected chi connectivity index (χ1v) is 8.22. The van der Waals surface area contributed by atoms with Gasteiger partial charge in [-0.3, -0.25) is 4.90 Å². The molecule has 2 aliphatic heterocycles. The molecule has 1 N–H and O–H groups in total. The SMILES string of the molecule is c1cnc(N[C@@H]2CO[C@@]3(CCCN(Cc4ccoc4)C3)C2)nc1. The number of hydrogen-bond donors (Lipinski definition) is 1. The van der Waals surface area contributed by atoms with E-state index in [-0.39, 0.29) is 11.6 Å². The minimum atomic E-state index is -0.0333. The summed E-state index contributed by atoms with van der Waals surface area (Å²) in [5.41, 5.74) is 1.20. The van der Waals surface area contributed by atoms with Gasteiger partial charge in [-0.15, -0.1) is 0 Å². The van der Waals surface area contributed by atoms with Crippen molar-refractivity contribution in [3.63, 3.8) is 0 Å². The van der Waals surface area contributed by atoms with Crippen molar-refractivity contribution in [2.24, 2.45) is 0 Å². The van der Waals surface area contributed by atoms with Crippen LogP contribution in [0.5, 0.6) is 0 Å². The summed E-state index contributed by atoms with van der Waals surface area (Å²) in [5, 5.41) is 3.39. The minimum Gasteiger partial charge on any atom is -0.472 e. The first-order chi connectivity index (χ1) is 11.3. The number of likely N-dealkylation sites (tertiary alicyclic amines) is 1. The molecule has 23 heavy (non-hydrogen) atoms. The zero-order valence-electron chi connectivity index (χ0n) is 13.1. The van der Waals surface area contributed by atoms with Gasteiger partial charge in [0.1, 0.15) is 0 Å². The molecule has 2 saturated heterocycles. The van der Waals surface area contributed by atoms with Crippen LogP contribution in [0.3, 0.4) is 0 Å². The number of rotatable bonds is 4. The lowest BCUT2D eigenvalue weighted by atomic mass is 9.88. The Labute approximate surface area is 135 Å². The summed E-state index contributed by atoms with van der Waals surface area (Å²) in [5.74, 6) is 0.684. The molecule has 4 rings (SSSR count). The molecule has 0 aliphatic carbocycles. The average molecular weight is 314 g/mol. The third-order valence-electron chi connectivity index (χ3n) is 4.71. The fourth-order valence-electron chi connectivity index (χ4n) is 3.74. The van der Waals surface area contributed by atoms with Crippen LogP contribution < -0.4 is 5.32 Å². The molecular weight excluding hydrogens is 292 g/mol. The van der Waals surface area contributed by atoms with Crippen molar-refractivity contribution in [1.29, 1.82) is 0 Å². The quantitative estimate of drug-likeness (QED) is 0.934. The molecule has 0 unspecified atom stereocenters. The first kappa shape index (κ1) is 14.7. The van der Waals surface area contributed by atoms with Crippen molar-refractivity contribution in [3.05, 3.63) is 42.6 Å². The number of ether oxygens (including phenoxy) is 1. The van der Waals surface area contributed by atoms with Gasteiger partial charge in [-0.2, -0.15) is 0 Å². The summed E-state index contributed by atoms with van der Waals surface area (Å²) < 4.78 is 11.4. The highest BCUT2D eigenvalue weighted by atomic mass is 16.5. The average Bonchev–Trinajstić information content (AvgIpc) is 3.19. The number of hydrogen-bond acceptors (Lipinski definition) is 6. The molecule has 0 saturated carbocycles. The molecule has 122 valence electrons. The fourth-order valence-corrected chi connectivity index (χ4v) is 3.74. The molecule has 6 nitrogen and oxygen atoms in total. The van der Waals surface area contributed by atoms with Crippen molar-refractivity contribution in [3.8, 4) is 0 Å². The number of nitrogens with one attached hydrogen (secondary N) is 1. The first-order valence-electron chi connectivity index (χ1n) is 8.22. The molecule has 1 spiro atoms. The van der Waals surface area contributed by atoms with Crippen LogP contribution in [0, 0.1) is 0 Å². The van der Waals surface area contributed by atoms with E-state index in [1.807, 2.05) is 18.4 Å². The van der Waals surface area contributed by atoms with Crippen molar-refractivity contribution in [2.75, 3.05) is 25.0 Å². The predicted molar refractivity (Wildman–Crippen MR) is 86.0 cm³/mol. The Morgan fingerprint density at radius 2 is 2.26 bits per heavy atom. The molecule has 6 heteroatoms. The van der Waals surface area contributed by atoms with Gasteiger partial charge in [-0.1, -0.05) is 0 Å². The fraction of sp³-hybridized carbons (Fsp3) is 0.529. The van der Waals surface area contributed by atoms with E-state index >= 15 is 0 Å². The summed E-state index contributed by atoms with van der Waals surface area (Å²) in [6.45, 7) is 3.75. The van der Waals surface area contributed by atoms with E-state index in [2.05, 4.69) is 20.2 Å². The Balaban J connectivity index is 1.37. The van der Waals surface area contributed by atoms with Gasteiger partial charge in [0.05, 0.1) is 30.8 Å². The Bertz CT molecular complexity index is 619. The largest absolute Gasteiger partial charge is 0.472 e. The van der Waals surface area contributed by atoms with E-state index in [4.69, 9.17) is 9.15 Å². The second-order valence-electron chi connectivity index (χ2n) is 6.56. The van der Waals surface area contributed by atoms with Crippen LogP contribution in [0.1, 0.15) is 24.8 Å². The van der Waals surface area contributed by atoms with Crippen molar-refractivity contribution in [2.45, 2.75) is 37.5 Å². The van der Waals surface area contributed by atoms with Gasteiger partial charge in [-0.25, -0.2) is 9.97 Å². The lowest BCUT2D eigenvalue weighted by Gasteiger charge is -2.39. The van der Waals surface area contributed by atoms with E-state index in [9.17, 15) is 0 Å². The zero-order valence-corrected chi connectivity index (χ0v) is 13.1. The molecule has 0 amide bonds. The van der Waals surface area contributed by atoms with Crippen LogP contribution in [-0.2, 0) is 11.3 Å².